The molecule has 9 heteroatoms. The van der Waals surface area contributed by atoms with Gasteiger partial charge in [-0.2, -0.15) is 0 Å². The van der Waals surface area contributed by atoms with Crippen molar-refractivity contribution in [3.05, 3.63) is 95.0 Å². The predicted molar refractivity (Wildman–Crippen MR) is 156 cm³/mol. The molecular weight excluding hydrogens is 534 g/mol. The molecule has 1 N–H and O–H groups in total. The summed E-state index contributed by atoms with van der Waals surface area (Å²) in [5, 5.41) is 3.32. The number of nitrogens with zero attached hydrogens (tertiary/aromatic N) is 2. The van der Waals surface area contributed by atoms with Crippen LogP contribution in [0.25, 0.3) is 0 Å². The first-order valence-electron chi connectivity index (χ1n) is 13.1. The van der Waals surface area contributed by atoms with Crippen LogP contribution in [0.4, 0.5) is 5.69 Å². The minimum absolute atomic E-state index is 0.0461. The van der Waals surface area contributed by atoms with E-state index in [2.05, 4.69) is 5.32 Å². The van der Waals surface area contributed by atoms with Gasteiger partial charge >= 0.3 is 0 Å². The van der Waals surface area contributed by atoms with Crippen LogP contribution >= 0.6 is 11.6 Å². The number of hydrogen-bond donors (Lipinski definition) is 1. The molecule has 0 fully saturated rings. The highest BCUT2D eigenvalue weighted by atomic mass is 35.5. The number of rotatable bonds is 12. The summed E-state index contributed by atoms with van der Waals surface area (Å²) in [6, 6.07) is 21.1. The summed E-state index contributed by atoms with van der Waals surface area (Å²) in [7, 11) is -4.13. The lowest BCUT2D eigenvalue weighted by atomic mass is 10.1. The molecule has 2 amide bonds. The molecule has 2 atom stereocenters. The van der Waals surface area contributed by atoms with Crippen molar-refractivity contribution in [3.63, 3.8) is 0 Å². The molecular formula is C30H36ClN3O4S. The molecule has 3 rings (SSSR count). The van der Waals surface area contributed by atoms with Gasteiger partial charge in [0.25, 0.3) is 10.0 Å². The zero-order chi connectivity index (χ0) is 28.6. The molecule has 0 bridgehead atoms. The summed E-state index contributed by atoms with van der Waals surface area (Å²) in [5.41, 5.74) is 2.10. The van der Waals surface area contributed by atoms with Crippen LogP contribution in [0.5, 0.6) is 0 Å². The molecule has 7 nitrogen and oxygen atoms in total. The van der Waals surface area contributed by atoms with E-state index < -0.39 is 28.5 Å². The molecule has 0 saturated carbocycles. The normalized spacial score (nSPS) is 12.8. The fourth-order valence-corrected chi connectivity index (χ4v) is 5.82. The van der Waals surface area contributed by atoms with Gasteiger partial charge in [-0.3, -0.25) is 13.9 Å². The Labute approximate surface area is 236 Å². The number of anilines is 1. The largest absolute Gasteiger partial charge is 0.352 e. The summed E-state index contributed by atoms with van der Waals surface area (Å²) in [6.07, 6.45) is 1.11. The van der Waals surface area contributed by atoms with Crippen molar-refractivity contribution in [3.8, 4) is 0 Å². The Balaban J connectivity index is 2.06. The first-order valence-corrected chi connectivity index (χ1v) is 14.9. The first kappa shape index (κ1) is 30.2. The van der Waals surface area contributed by atoms with Gasteiger partial charge in [0.2, 0.25) is 11.8 Å². The third-order valence-electron chi connectivity index (χ3n) is 6.70. The summed E-state index contributed by atoms with van der Waals surface area (Å²) in [6.45, 7) is 7.32. The molecule has 0 heterocycles. The van der Waals surface area contributed by atoms with E-state index in [1.165, 1.54) is 23.1 Å². The topological polar surface area (TPSA) is 86.8 Å². The first-order chi connectivity index (χ1) is 18.6. The van der Waals surface area contributed by atoms with Crippen LogP contribution < -0.4 is 9.62 Å². The quantitative estimate of drug-likeness (QED) is 0.309. The van der Waals surface area contributed by atoms with Gasteiger partial charge in [-0.05, 0) is 68.1 Å². The molecule has 0 aliphatic heterocycles. The van der Waals surface area contributed by atoms with Gasteiger partial charge in [0.05, 0.1) is 10.6 Å². The van der Waals surface area contributed by atoms with Crippen molar-refractivity contribution < 1.29 is 18.0 Å². The molecule has 208 valence electrons. The van der Waals surface area contributed by atoms with Crippen molar-refractivity contribution in [2.75, 3.05) is 10.8 Å². The number of aryl methyl sites for hydroxylation is 1. The van der Waals surface area contributed by atoms with Crippen LogP contribution in [0.15, 0.2) is 83.8 Å². The van der Waals surface area contributed by atoms with Crippen LogP contribution in [0, 0.1) is 6.92 Å². The Morgan fingerprint density at radius 2 is 1.59 bits per heavy atom. The van der Waals surface area contributed by atoms with Gasteiger partial charge in [0.1, 0.15) is 12.6 Å². The zero-order valence-corrected chi connectivity index (χ0v) is 24.4. The van der Waals surface area contributed by atoms with E-state index in [9.17, 15) is 18.0 Å². The third kappa shape index (κ3) is 7.61. The van der Waals surface area contributed by atoms with E-state index >= 15 is 0 Å². The maximum absolute atomic E-state index is 14.1. The molecule has 0 radical (unpaired) electrons. The highest BCUT2D eigenvalue weighted by molar-refractivity contribution is 7.92. The summed E-state index contributed by atoms with van der Waals surface area (Å²) in [5.74, 6) is -0.766. The van der Waals surface area contributed by atoms with E-state index in [-0.39, 0.29) is 29.1 Å². The predicted octanol–water partition coefficient (Wildman–Crippen LogP) is 5.57. The summed E-state index contributed by atoms with van der Waals surface area (Å²) in [4.78, 5) is 28.9. The second-order valence-corrected chi connectivity index (χ2v) is 11.8. The molecule has 0 spiro atoms. The standard InChI is InChI=1S/C30H36ClN3O4S/c1-5-23(4)32-30(36)28(6-2)33(20-24-14-11-10-13-22(24)3)29(35)21-34(26-16-12-15-25(31)19-26)39(37,38)27-17-8-7-9-18-27/h7-19,23,28H,5-6,20-21H2,1-4H3,(H,32,36). The van der Waals surface area contributed by atoms with E-state index in [1.807, 2.05) is 52.0 Å². The highest BCUT2D eigenvalue weighted by Gasteiger charge is 2.34. The van der Waals surface area contributed by atoms with Gasteiger partial charge in [-0.1, -0.05) is 74.0 Å². The molecule has 0 saturated heterocycles. The molecule has 3 aromatic rings. The van der Waals surface area contributed by atoms with Crippen molar-refractivity contribution in [1.29, 1.82) is 0 Å². The van der Waals surface area contributed by atoms with Gasteiger partial charge in [0, 0.05) is 17.6 Å². The van der Waals surface area contributed by atoms with Crippen LogP contribution in [0.1, 0.15) is 44.7 Å². The molecule has 39 heavy (non-hydrogen) atoms. The number of sulfonamides is 1. The third-order valence-corrected chi connectivity index (χ3v) is 8.72. The number of hydrogen-bond acceptors (Lipinski definition) is 4. The van der Waals surface area contributed by atoms with Crippen LogP contribution in [-0.4, -0.2) is 43.8 Å². The van der Waals surface area contributed by atoms with E-state index in [0.717, 1.165) is 21.9 Å². The zero-order valence-electron chi connectivity index (χ0n) is 22.8. The van der Waals surface area contributed by atoms with Crippen molar-refractivity contribution in [2.45, 2.75) is 64.1 Å². The molecule has 2 unspecified atom stereocenters. The average molecular weight is 570 g/mol. The summed E-state index contributed by atoms with van der Waals surface area (Å²) >= 11 is 6.22. The second-order valence-electron chi connectivity index (χ2n) is 9.49. The Bertz CT molecular complexity index is 1380. The lowest BCUT2D eigenvalue weighted by Crippen LogP contribution is -2.53. The van der Waals surface area contributed by atoms with Crippen molar-refractivity contribution in [1.82, 2.24) is 10.2 Å². The number of nitrogens with one attached hydrogen (secondary N) is 1. The number of amides is 2. The van der Waals surface area contributed by atoms with Gasteiger partial charge in [0.15, 0.2) is 0 Å². The lowest BCUT2D eigenvalue weighted by Gasteiger charge is -2.34. The Kier molecular flexibility index (Phi) is 10.5. The fraction of sp³-hybridized carbons (Fsp3) is 0.333. The molecule has 0 aliphatic rings. The number of halogens is 1. The smallest absolute Gasteiger partial charge is 0.264 e. The Hall–Kier alpha value is -3.36. The number of benzene rings is 3. The van der Waals surface area contributed by atoms with E-state index in [0.29, 0.717) is 11.4 Å². The minimum atomic E-state index is -4.13. The van der Waals surface area contributed by atoms with Gasteiger partial charge < -0.3 is 10.2 Å². The van der Waals surface area contributed by atoms with Crippen molar-refractivity contribution in [2.24, 2.45) is 0 Å². The number of carbonyl (C=O) groups is 2. The van der Waals surface area contributed by atoms with Gasteiger partial charge in [-0.25, -0.2) is 8.42 Å². The van der Waals surface area contributed by atoms with Crippen molar-refractivity contribution >= 4 is 39.1 Å². The van der Waals surface area contributed by atoms with Crippen LogP contribution in [0.3, 0.4) is 0 Å². The van der Waals surface area contributed by atoms with E-state index in [4.69, 9.17) is 11.6 Å². The lowest BCUT2D eigenvalue weighted by molar-refractivity contribution is -0.140. The second kappa shape index (κ2) is 13.6. The molecule has 3 aromatic carbocycles. The highest BCUT2D eigenvalue weighted by Crippen LogP contribution is 2.27. The maximum atomic E-state index is 14.1. The maximum Gasteiger partial charge on any atom is 0.264 e. The Morgan fingerprint density at radius 3 is 2.21 bits per heavy atom. The monoisotopic (exact) mass is 569 g/mol. The molecule has 0 aromatic heterocycles. The number of carbonyl (C=O) groups excluding carboxylic acids is 2. The Morgan fingerprint density at radius 1 is 0.923 bits per heavy atom. The van der Waals surface area contributed by atoms with Crippen LogP contribution in [-0.2, 0) is 26.2 Å². The van der Waals surface area contributed by atoms with Crippen LogP contribution in [0.2, 0.25) is 5.02 Å². The fourth-order valence-electron chi connectivity index (χ4n) is 4.21. The van der Waals surface area contributed by atoms with E-state index in [1.54, 1.807) is 36.4 Å². The summed E-state index contributed by atoms with van der Waals surface area (Å²) < 4.78 is 28.7. The minimum Gasteiger partial charge on any atom is -0.352 e. The SMILES string of the molecule is CCC(C)NC(=O)C(CC)N(Cc1ccccc1C)C(=O)CN(c1cccc(Cl)c1)S(=O)(=O)c1ccccc1. The average Bonchev–Trinajstić information content (AvgIpc) is 2.92. The van der Waals surface area contributed by atoms with Gasteiger partial charge in [-0.15, -0.1) is 0 Å². The molecule has 0 aliphatic carbocycles.